The maximum Gasteiger partial charge on any atom is 0.194 e. The van der Waals surface area contributed by atoms with Crippen LogP contribution in [-0.4, -0.2) is 58.3 Å². The van der Waals surface area contributed by atoms with Crippen molar-refractivity contribution in [2.45, 2.75) is 13.1 Å². The quantitative estimate of drug-likeness (QED) is 0.355. The number of rotatable bonds is 7. The number of thiazole rings is 1. The third-order valence-electron chi connectivity index (χ3n) is 3.82. The summed E-state index contributed by atoms with van der Waals surface area (Å²) < 4.78 is 10.7. The van der Waals surface area contributed by atoms with E-state index in [2.05, 4.69) is 20.7 Å². The molecule has 9 heteroatoms. The Bertz CT molecular complexity index is 751. The van der Waals surface area contributed by atoms with Crippen molar-refractivity contribution in [3.8, 4) is 11.5 Å². The maximum atomic E-state index is 5.48. The van der Waals surface area contributed by atoms with Crippen LogP contribution < -0.4 is 19.7 Å². The molecule has 0 amide bonds. The summed E-state index contributed by atoms with van der Waals surface area (Å²) in [6.07, 6.45) is 0. The van der Waals surface area contributed by atoms with Crippen LogP contribution in [0.5, 0.6) is 11.5 Å². The molecule has 1 aromatic carbocycles. The molecule has 0 aliphatic rings. The minimum Gasteiger partial charge on any atom is -0.497 e. The molecule has 0 saturated carbocycles. The van der Waals surface area contributed by atoms with Crippen molar-refractivity contribution in [2.24, 2.45) is 4.99 Å². The molecular formula is C18H28IN5O2S. The third-order valence-corrected chi connectivity index (χ3v) is 4.88. The van der Waals surface area contributed by atoms with Crippen LogP contribution in [0, 0.1) is 0 Å². The summed E-state index contributed by atoms with van der Waals surface area (Å²) >= 11 is 1.63. The van der Waals surface area contributed by atoms with E-state index in [-0.39, 0.29) is 24.0 Å². The summed E-state index contributed by atoms with van der Waals surface area (Å²) in [4.78, 5) is 13.0. The number of nitrogens with zero attached hydrogens (tertiary/aromatic N) is 4. The molecule has 0 bridgehead atoms. The average molecular weight is 505 g/mol. The second kappa shape index (κ2) is 11.2. The van der Waals surface area contributed by atoms with Gasteiger partial charge in [0.05, 0.1) is 26.5 Å². The number of benzene rings is 1. The lowest BCUT2D eigenvalue weighted by molar-refractivity contribution is 0.382. The van der Waals surface area contributed by atoms with Crippen LogP contribution in [0.1, 0.15) is 11.3 Å². The molecule has 0 aliphatic heterocycles. The van der Waals surface area contributed by atoms with Gasteiger partial charge in [0.1, 0.15) is 11.5 Å². The van der Waals surface area contributed by atoms with Crippen molar-refractivity contribution in [3.63, 3.8) is 0 Å². The van der Waals surface area contributed by atoms with E-state index in [1.54, 1.807) is 32.6 Å². The number of nitrogens with one attached hydrogen (secondary N) is 1. The van der Waals surface area contributed by atoms with Gasteiger partial charge in [-0.3, -0.25) is 4.99 Å². The van der Waals surface area contributed by atoms with Gasteiger partial charge in [-0.1, -0.05) is 0 Å². The Morgan fingerprint density at radius 3 is 2.52 bits per heavy atom. The molecule has 0 spiro atoms. The van der Waals surface area contributed by atoms with Crippen molar-refractivity contribution in [1.82, 2.24) is 15.2 Å². The molecule has 7 nitrogen and oxygen atoms in total. The molecular weight excluding hydrogens is 477 g/mol. The molecule has 0 radical (unpaired) electrons. The Morgan fingerprint density at radius 2 is 1.96 bits per heavy atom. The van der Waals surface area contributed by atoms with Gasteiger partial charge in [0.2, 0.25) is 0 Å². The summed E-state index contributed by atoms with van der Waals surface area (Å²) in [5, 5.41) is 6.41. The average Bonchev–Trinajstić information content (AvgIpc) is 3.12. The van der Waals surface area contributed by atoms with Crippen molar-refractivity contribution < 1.29 is 9.47 Å². The zero-order valence-electron chi connectivity index (χ0n) is 16.6. The highest BCUT2D eigenvalue weighted by atomic mass is 127. The summed E-state index contributed by atoms with van der Waals surface area (Å²) in [7, 11) is 11.1. The molecule has 150 valence electrons. The summed E-state index contributed by atoms with van der Waals surface area (Å²) in [6.45, 7) is 1.29. The number of anilines is 1. The number of aliphatic imine (C=N–C) groups is 1. The number of aromatic nitrogens is 1. The molecule has 27 heavy (non-hydrogen) atoms. The maximum absolute atomic E-state index is 5.48. The Hall–Kier alpha value is -1.75. The van der Waals surface area contributed by atoms with E-state index in [0.29, 0.717) is 13.1 Å². The van der Waals surface area contributed by atoms with Gasteiger partial charge in [-0.15, -0.1) is 35.3 Å². The molecule has 2 rings (SSSR count). The SMILES string of the molecule is CN=C(NCc1csc(N(C)C)n1)N(C)Cc1ccc(OC)cc1OC.I. The number of guanidine groups is 1. The van der Waals surface area contributed by atoms with Gasteiger partial charge in [0.25, 0.3) is 0 Å². The number of hydrogen-bond donors (Lipinski definition) is 1. The van der Waals surface area contributed by atoms with Gasteiger partial charge >= 0.3 is 0 Å². The van der Waals surface area contributed by atoms with E-state index in [0.717, 1.165) is 33.8 Å². The number of halogens is 1. The standard InChI is InChI=1S/C18H27N5O2S.HI/c1-19-17(20-10-14-12-26-18(21-14)22(2)3)23(4)11-13-7-8-15(24-5)9-16(13)25-6;/h7-9,12H,10-11H2,1-6H3,(H,19,20);1H. The first kappa shape index (κ1) is 23.3. The number of hydrogen-bond acceptors (Lipinski definition) is 6. The van der Waals surface area contributed by atoms with Crippen LogP contribution in [0.15, 0.2) is 28.6 Å². The van der Waals surface area contributed by atoms with Crippen molar-refractivity contribution >= 4 is 46.4 Å². The fraction of sp³-hybridized carbons (Fsp3) is 0.444. The Morgan fingerprint density at radius 1 is 1.22 bits per heavy atom. The highest BCUT2D eigenvalue weighted by Crippen LogP contribution is 2.25. The largest absolute Gasteiger partial charge is 0.497 e. The van der Waals surface area contributed by atoms with Crippen LogP contribution in [0.2, 0.25) is 0 Å². The monoisotopic (exact) mass is 505 g/mol. The molecule has 0 aliphatic carbocycles. The first-order valence-electron chi connectivity index (χ1n) is 8.23. The zero-order chi connectivity index (χ0) is 19.1. The van der Waals surface area contributed by atoms with Crippen LogP contribution in [0.4, 0.5) is 5.13 Å². The lowest BCUT2D eigenvalue weighted by atomic mass is 10.2. The lowest BCUT2D eigenvalue weighted by Crippen LogP contribution is -2.38. The zero-order valence-corrected chi connectivity index (χ0v) is 19.8. The normalized spacial score (nSPS) is 10.8. The van der Waals surface area contributed by atoms with Gasteiger partial charge in [-0.2, -0.15) is 0 Å². The lowest BCUT2D eigenvalue weighted by Gasteiger charge is -2.23. The summed E-state index contributed by atoms with van der Waals surface area (Å²) in [5.74, 6) is 2.36. The van der Waals surface area contributed by atoms with E-state index in [9.17, 15) is 0 Å². The second-order valence-corrected chi connectivity index (χ2v) is 6.79. The molecule has 0 saturated heterocycles. The molecule has 0 fully saturated rings. The summed E-state index contributed by atoms with van der Waals surface area (Å²) in [6, 6.07) is 5.82. The molecule has 1 heterocycles. The van der Waals surface area contributed by atoms with Gasteiger partial charge in [-0.05, 0) is 12.1 Å². The smallest absolute Gasteiger partial charge is 0.194 e. The van der Waals surface area contributed by atoms with E-state index >= 15 is 0 Å². The van der Waals surface area contributed by atoms with Gasteiger partial charge in [-0.25, -0.2) is 4.98 Å². The van der Waals surface area contributed by atoms with E-state index in [1.807, 2.05) is 49.1 Å². The Labute approximate surface area is 182 Å². The predicted octanol–water partition coefficient (Wildman–Crippen LogP) is 3.05. The molecule has 0 unspecified atom stereocenters. The number of ether oxygens (including phenoxy) is 2. The fourth-order valence-electron chi connectivity index (χ4n) is 2.45. The van der Waals surface area contributed by atoms with Crippen molar-refractivity contribution in [2.75, 3.05) is 47.3 Å². The van der Waals surface area contributed by atoms with Gasteiger partial charge in [0.15, 0.2) is 11.1 Å². The highest BCUT2D eigenvalue weighted by Gasteiger charge is 2.12. The van der Waals surface area contributed by atoms with Crippen molar-refractivity contribution in [3.05, 3.63) is 34.8 Å². The van der Waals surface area contributed by atoms with E-state index in [1.165, 1.54) is 0 Å². The van der Waals surface area contributed by atoms with E-state index < -0.39 is 0 Å². The Kier molecular flexibility index (Phi) is 9.64. The minimum absolute atomic E-state index is 0. The third kappa shape index (κ3) is 6.42. The Balaban J connectivity index is 0.00000364. The van der Waals surface area contributed by atoms with Gasteiger partial charge < -0.3 is 24.6 Å². The molecule has 2 aromatic rings. The molecule has 0 atom stereocenters. The second-order valence-electron chi connectivity index (χ2n) is 5.95. The highest BCUT2D eigenvalue weighted by molar-refractivity contribution is 14.0. The fourth-order valence-corrected chi connectivity index (χ4v) is 3.21. The van der Waals surface area contributed by atoms with Gasteiger partial charge in [0, 0.05) is 51.7 Å². The van der Waals surface area contributed by atoms with Crippen LogP contribution in [0.25, 0.3) is 0 Å². The number of methoxy groups -OCH3 is 2. The van der Waals surface area contributed by atoms with Crippen LogP contribution in [-0.2, 0) is 13.1 Å². The molecule has 1 aromatic heterocycles. The predicted molar refractivity (Wildman–Crippen MR) is 123 cm³/mol. The topological polar surface area (TPSA) is 62.2 Å². The van der Waals surface area contributed by atoms with Crippen LogP contribution >= 0.6 is 35.3 Å². The first-order chi connectivity index (χ1) is 12.5. The van der Waals surface area contributed by atoms with Crippen LogP contribution in [0.3, 0.4) is 0 Å². The van der Waals surface area contributed by atoms with Crippen molar-refractivity contribution in [1.29, 1.82) is 0 Å². The molecule has 1 N–H and O–H groups in total. The first-order valence-corrected chi connectivity index (χ1v) is 9.10. The minimum atomic E-state index is 0. The van der Waals surface area contributed by atoms with E-state index in [4.69, 9.17) is 9.47 Å². The summed E-state index contributed by atoms with van der Waals surface area (Å²) in [5.41, 5.74) is 2.05.